The number of aryl methyl sites for hydroxylation is 1. The predicted octanol–water partition coefficient (Wildman–Crippen LogP) is -0.118. The molecule has 0 aromatic carbocycles. The summed E-state index contributed by atoms with van der Waals surface area (Å²) in [5.74, 6) is 0.623. The van der Waals surface area contributed by atoms with E-state index in [2.05, 4.69) is 21.3 Å². The van der Waals surface area contributed by atoms with E-state index in [1.54, 1.807) is 0 Å². The van der Waals surface area contributed by atoms with E-state index in [-0.39, 0.29) is 11.9 Å². The molecular formula is C20H27N5O2S+2. The summed E-state index contributed by atoms with van der Waals surface area (Å²) in [7, 11) is 0. The van der Waals surface area contributed by atoms with E-state index >= 15 is 0 Å². The van der Waals surface area contributed by atoms with Crippen LogP contribution in [0.2, 0.25) is 0 Å². The fraction of sp³-hybridized carbons (Fsp3) is 0.450. The van der Waals surface area contributed by atoms with Crippen LogP contribution in [0.5, 0.6) is 0 Å². The first-order valence-corrected chi connectivity index (χ1v) is 10.7. The highest BCUT2D eigenvalue weighted by atomic mass is 32.1. The van der Waals surface area contributed by atoms with E-state index in [0.29, 0.717) is 10.6 Å². The topological polar surface area (TPSA) is 94.0 Å². The molecule has 0 bridgehead atoms. The molecule has 5 N–H and O–H groups in total. The lowest BCUT2D eigenvalue weighted by Gasteiger charge is -2.31. The Hall–Kier alpha value is -2.45. The molecule has 2 aliphatic rings. The van der Waals surface area contributed by atoms with Crippen molar-refractivity contribution in [2.75, 3.05) is 36.4 Å². The predicted molar refractivity (Wildman–Crippen MR) is 109 cm³/mol. The number of thiophene rings is 1. The number of nitrogens with two attached hydrogens (primary N) is 1. The molecule has 1 fully saturated rings. The summed E-state index contributed by atoms with van der Waals surface area (Å²) in [5, 5.41) is 3.63. The third-order valence-electron chi connectivity index (χ3n) is 5.85. The van der Waals surface area contributed by atoms with Crippen molar-refractivity contribution >= 4 is 34.0 Å². The second-order valence-electron chi connectivity index (χ2n) is 7.53. The largest absolute Gasteiger partial charge is 0.365 e. The molecule has 0 spiro atoms. The number of carbonyl (C=O) groups excluding carboxylic acids is 2. The summed E-state index contributed by atoms with van der Waals surface area (Å²) in [4.78, 5) is 32.8. The Morgan fingerprint density at radius 3 is 2.75 bits per heavy atom. The van der Waals surface area contributed by atoms with Crippen LogP contribution in [0.25, 0.3) is 0 Å². The number of aromatic nitrogens is 1. The summed E-state index contributed by atoms with van der Waals surface area (Å²) in [6.07, 6.45) is 4.83. The molecule has 1 saturated heterocycles. The number of amides is 2. The first-order chi connectivity index (χ1) is 13.5. The van der Waals surface area contributed by atoms with E-state index < -0.39 is 5.91 Å². The Morgan fingerprint density at radius 1 is 1.29 bits per heavy atom. The molecule has 0 saturated carbocycles. The maximum atomic E-state index is 12.9. The van der Waals surface area contributed by atoms with Gasteiger partial charge in [-0.25, -0.2) is 4.98 Å². The monoisotopic (exact) mass is 401 g/mol. The quantitative estimate of drug-likeness (QED) is 0.652. The zero-order valence-electron chi connectivity index (χ0n) is 16.1. The first-order valence-electron chi connectivity index (χ1n) is 9.86. The van der Waals surface area contributed by atoms with Gasteiger partial charge in [0.15, 0.2) is 6.04 Å². The molecule has 8 heteroatoms. The number of hydrogen-bond acceptors (Lipinski definition) is 4. The van der Waals surface area contributed by atoms with Crippen molar-refractivity contribution in [1.29, 1.82) is 0 Å². The maximum absolute atomic E-state index is 12.9. The van der Waals surface area contributed by atoms with Crippen molar-refractivity contribution in [3.8, 4) is 0 Å². The van der Waals surface area contributed by atoms with E-state index in [4.69, 9.17) is 5.73 Å². The molecule has 2 aromatic heterocycles. The summed E-state index contributed by atoms with van der Waals surface area (Å²) >= 11 is 1.51. The molecule has 1 aliphatic heterocycles. The van der Waals surface area contributed by atoms with Crippen molar-refractivity contribution in [3.63, 3.8) is 0 Å². The lowest BCUT2D eigenvalue weighted by atomic mass is 10.1. The van der Waals surface area contributed by atoms with Crippen LogP contribution in [-0.2, 0) is 17.6 Å². The van der Waals surface area contributed by atoms with Gasteiger partial charge in [-0.15, -0.1) is 11.3 Å². The van der Waals surface area contributed by atoms with Crippen molar-refractivity contribution in [1.82, 2.24) is 0 Å². The van der Waals surface area contributed by atoms with E-state index in [9.17, 15) is 9.59 Å². The summed E-state index contributed by atoms with van der Waals surface area (Å²) in [5.41, 5.74) is 7.17. The number of carbonyl (C=O) groups is 2. The van der Waals surface area contributed by atoms with Crippen LogP contribution >= 0.6 is 11.3 Å². The minimum atomic E-state index is -0.442. The van der Waals surface area contributed by atoms with Gasteiger partial charge < -0.3 is 16.0 Å². The molecular weight excluding hydrogens is 374 g/mol. The lowest BCUT2D eigenvalue weighted by molar-refractivity contribution is -0.914. The minimum Gasteiger partial charge on any atom is -0.365 e. The molecule has 28 heavy (non-hydrogen) atoms. The fourth-order valence-corrected chi connectivity index (χ4v) is 5.50. The van der Waals surface area contributed by atoms with Gasteiger partial charge in [-0.3, -0.25) is 14.5 Å². The highest BCUT2D eigenvalue weighted by molar-refractivity contribution is 7.17. The highest BCUT2D eigenvalue weighted by Crippen LogP contribution is 2.38. The number of rotatable bonds is 5. The number of quaternary nitrogens is 1. The number of fused-ring (bicyclic) bond motifs is 1. The Kier molecular flexibility index (Phi) is 5.32. The average Bonchev–Trinajstić information content (AvgIpc) is 3.28. The normalized spacial score (nSPS) is 18.0. The van der Waals surface area contributed by atoms with Gasteiger partial charge in [-0.05, 0) is 37.8 Å². The molecule has 2 aromatic rings. The number of aromatic amines is 1. The van der Waals surface area contributed by atoms with Crippen molar-refractivity contribution in [2.45, 2.75) is 32.2 Å². The van der Waals surface area contributed by atoms with Crippen molar-refractivity contribution in [3.05, 3.63) is 40.4 Å². The van der Waals surface area contributed by atoms with Gasteiger partial charge in [-0.1, -0.05) is 6.07 Å². The summed E-state index contributed by atoms with van der Waals surface area (Å²) < 4.78 is 0. The zero-order chi connectivity index (χ0) is 19.7. The third kappa shape index (κ3) is 3.62. The smallest absolute Gasteiger partial charge is 0.282 e. The van der Waals surface area contributed by atoms with Gasteiger partial charge in [0, 0.05) is 10.9 Å². The van der Waals surface area contributed by atoms with Gasteiger partial charge in [-0.2, -0.15) is 0 Å². The van der Waals surface area contributed by atoms with Crippen LogP contribution in [-0.4, -0.2) is 44.0 Å². The van der Waals surface area contributed by atoms with Gasteiger partial charge in [0.25, 0.3) is 17.6 Å². The van der Waals surface area contributed by atoms with Crippen molar-refractivity contribution in [2.24, 2.45) is 5.73 Å². The molecule has 148 valence electrons. The molecule has 1 atom stereocenters. The van der Waals surface area contributed by atoms with E-state index in [1.807, 2.05) is 25.3 Å². The summed E-state index contributed by atoms with van der Waals surface area (Å²) in [6.45, 7) is 5.53. The summed E-state index contributed by atoms with van der Waals surface area (Å²) in [6, 6.07) is 5.89. The number of anilines is 2. The molecule has 0 radical (unpaired) electrons. The van der Waals surface area contributed by atoms with Crippen LogP contribution in [0.3, 0.4) is 0 Å². The molecule has 4 rings (SSSR count). The van der Waals surface area contributed by atoms with E-state index in [0.717, 1.165) is 56.8 Å². The van der Waals surface area contributed by atoms with Crippen molar-refractivity contribution < 1.29 is 19.5 Å². The van der Waals surface area contributed by atoms with Crippen LogP contribution in [0.1, 0.15) is 34.1 Å². The number of nitrogens with one attached hydrogen (secondary N) is 3. The van der Waals surface area contributed by atoms with Gasteiger partial charge in [0.2, 0.25) is 0 Å². The zero-order valence-corrected chi connectivity index (χ0v) is 16.9. The van der Waals surface area contributed by atoms with Gasteiger partial charge in [0.1, 0.15) is 31.2 Å². The number of nitrogens with zero attached hydrogens (tertiary/aromatic N) is 1. The molecule has 3 heterocycles. The lowest BCUT2D eigenvalue weighted by Crippen LogP contribution is -3.19. The Labute approximate surface area is 168 Å². The van der Waals surface area contributed by atoms with Crippen LogP contribution in [0, 0.1) is 0 Å². The number of piperazine rings is 1. The minimum absolute atomic E-state index is 0.0443. The van der Waals surface area contributed by atoms with E-state index in [1.165, 1.54) is 21.1 Å². The van der Waals surface area contributed by atoms with Crippen LogP contribution in [0.15, 0.2) is 24.4 Å². The third-order valence-corrected chi connectivity index (χ3v) is 7.06. The first kappa shape index (κ1) is 18.9. The molecule has 1 aliphatic carbocycles. The second kappa shape index (κ2) is 7.89. The molecule has 2 amide bonds. The Bertz CT molecular complexity index is 874. The van der Waals surface area contributed by atoms with Crippen LogP contribution in [0.4, 0.5) is 10.8 Å². The Morgan fingerprint density at radius 2 is 2.07 bits per heavy atom. The SMILES string of the molecule is C[C@H](C(=O)Nc1sc2c(c1C(N)=O)CCC2)[NH+]1CCN(c2cccc[nH+]2)CC1. The van der Waals surface area contributed by atoms with Gasteiger partial charge >= 0.3 is 0 Å². The van der Waals surface area contributed by atoms with Gasteiger partial charge in [0.05, 0.1) is 11.8 Å². The number of H-pyrrole nitrogens is 1. The maximum Gasteiger partial charge on any atom is 0.282 e. The van der Waals surface area contributed by atoms with Crippen LogP contribution < -0.4 is 25.8 Å². The highest BCUT2D eigenvalue weighted by Gasteiger charge is 2.34. The number of hydrogen-bond donors (Lipinski definition) is 3. The fourth-order valence-electron chi connectivity index (χ4n) is 4.21. The molecule has 0 unspecified atom stereocenters. The average molecular weight is 402 g/mol. The molecule has 7 nitrogen and oxygen atoms in total. The number of pyridine rings is 1. The number of primary amides is 1. The standard InChI is InChI=1S/C20H25N5O2S/c1-13(24-9-11-25(12-10-24)16-7-2-3-8-22-16)19(27)23-20-17(18(21)26)14-5-4-6-15(14)28-20/h2-3,7-8,13H,4-6,9-12H2,1H3,(H2,21,26)(H,23,27)/p+2/t13-/m1/s1. The second-order valence-corrected chi connectivity index (χ2v) is 8.63. The Balaban J connectivity index is 1.39.